The number of fused-ring (bicyclic) bond motifs is 1. The quantitative estimate of drug-likeness (QED) is 0.741. The fourth-order valence-electron chi connectivity index (χ4n) is 2.46. The highest BCUT2D eigenvalue weighted by atomic mass is 79.9. The van der Waals surface area contributed by atoms with E-state index in [1.54, 1.807) is 6.07 Å². The molecule has 1 aliphatic heterocycles. The second-order valence-corrected chi connectivity index (χ2v) is 6.24. The van der Waals surface area contributed by atoms with Crippen molar-refractivity contribution in [2.45, 2.75) is 13.3 Å². The van der Waals surface area contributed by atoms with Gasteiger partial charge in [-0.15, -0.1) is 0 Å². The van der Waals surface area contributed by atoms with Gasteiger partial charge in [0.05, 0.1) is 12.2 Å². The summed E-state index contributed by atoms with van der Waals surface area (Å²) in [5.41, 5.74) is 3.22. The topological polar surface area (TPSA) is 26.3 Å². The second kappa shape index (κ2) is 5.23. The van der Waals surface area contributed by atoms with Gasteiger partial charge in [0.2, 0.25) is 0 Å². The standard InChI is InChI=1S/C16H12BrClO2/c1-9-4-11(6-12(17)5-9)15(19)14-8-13(18)7-10-2-3-20-16(10)14/h4-8H,2-3H2,1H3. The number of carbonyl (C=O) groups excluding carboxylic acids is 1. The zero-order valence-corrected chi connectivity index (χ0v) is 13.2. The van der Waals surface area contributed by atoms with Crippen LogP contribution in [0.1, 0.15) is 27.0 Å². The lowest BCUT2D eigenvalue weighted by Crippen LogP contribution is -2.04. The van der Waals surface area contributed by atoms with Crippen molar-refractivity contribution in [2.24, 2.45) is 0 Å². The first kappa shape index (κ1) is 13.7. The van der Waals surface area contributed by atoms with E-state index in [9.17, 15) is 4.79 Å². The minimum atomic E-state index is -0.0601. The molecule has 0 bridgehead atoms. The molecule has 0 radical (unpaired) electrons. The Kier molecular flexibility index (Phi) is 3.57. The molecular formula is C16H12BrClO2. The van der Waals surface area contributed by atoms with Crippen LogP contribution in [0.5, 0.6) is 5.75 Å². The van der Waals surface area contributed by atoms with Gasteiger partial charge >= 0.3 is 0 Å². The molecule has 0 N–H and O–H groups in total. The monoisotopic (exact) mass is 350 g/mol. The lowest BCUT2D eigenvalue weighted by molar-refractivity contribution is 0.103. The average Bonchev–Trinajstić information content (AvgIpc) is 2.83. The molecule has 0 unspecified atom stereocenters. The van der Waals surface area contributed by atoms with Crippen LogP contribution in [0.15, 0.2) is 34.8 Å². The van der Waals surface area contributed by atoms with Gasteiger partial charge in [0, 0.05) is 21.5 Å². The van der Waals surface area contributed by atoms with Crippen molar-refractivity contribution >= 4 is 33.3 Å². The summed E-state index contributed by atoms with van der Waals surface area (Å²) in [6.07, 6.45) is 0.799. The first-order valence-corrected chi connectivity index (χ1v) is 7.49. The van der Waals surface area contributed by atoms with Crippen molar-refractivity contribution in [1.29, 1.82) is 0 Å². The van der Waals surface area contributed by atoms with Crippen LogP contribution < -0.4 is 4.74 Å². The summed E-state index contributed by atoms with van der Waals surface area (Å²) in [6, 6.07) is 9.21. The average molecular weight is 352 g/mol. The third-order valence-electron chi connectivity index (χ3n) is 3.30. The fraction of sp³-hybridized carbons (Fsp3) is 0.188. The van der Waals surface area contributed by atoms with Gasteiger partial charge in [-0.25, -0.2) is 0 Å². The molecule has 3 rings (SSSR count). The zero-order chi connectivity index (χ0) is 14.3. The van der Waals surface area contributed by atoms with E-state index in [0.717, 1.165) is 22.0 Å². The van der Waals surface area contributed by atoms with E-state index in [0.29, 0.717) is 28.5 Å². The molecule has 0 fully saturated rings. The Hall–Kier alpha value is -1.32. The van der Waals surface area contributed by atoms with Crippen molar-refractivity contribution in [3.8, 4) is 5.75 Å². The maximum absolute atomic E-state index is 12.7. The highest BCUT2D eigenvalue weighted by Gasteiger charge is 2.23. The number of halogens is 2. The lowest BCUT2D eigenvalue weighted by atomic mass is 9.98. The molecule has 4 heteroatoms. The van der Waals surface area contributed by atoms with Gasteiger partial charge in [-0.1, -0.05) is 27.5 Å². The molecule has 2 aromatic carbocycles. The Bertz CT molecular complexity index is 690. The van der Waals surface area contributed by atoms with Crippen molar-refractivity contribution in [1.82, 2.24) is 0 Å². The largest absolute Gasteiger partial charge is 0.492 e. The van der Waals surface area contributed by atoms with Gasteiger partial charge < -0.3 is 4.74 Å². The summed E-state index contributed by atoms with van der Waals surface area (Å²) in [5, 5.41) is 0.573. The molecule has 2 aromatic rings. The number of carbonyl (C=O) groups is 1. The number of hydrogen-bond donors (Lipinski definition) is 0. The normalized spacial score (nSPS) is 12.9. The molecule has 0 aliphatic carbocycles. The Morgan fingerprint density at radius 2 is 2.05 bits per heavy atom. The van der Waals surface area contributed by atoms with Crippen LogP contribution in [0, 0.1) is 6.92 Å². The molecule has 0 aromatic heterocycles. The van der Waals surface area contributed by atoms with Gasteiger partial charge in [0.15, 0.2) is 5.78 Å². The van der Waals surface area contributed by atoms with Gasteiger partial charge in [-0.2, -0.15) is 0 Å². The van der Waals surface area contributed by atoms with E-state index < -0.39 is 0 Å². The molecule has 0 amide bonds. The fourth-order valence-corrected chi connectivity index (χ4v) is 3.31. The van der Waals surface area contributed by atoms with E-state index in [2.05, 4.69) is 15.9 Å². The molecular weight excluding hydrogens is 340 g/mol. The molecule has 0 spiro atoms. The Morgan fingerprint density at radius 3 is 2.80 bits per heavy atom. The number of ether oxygens (including phenoxy) is 1. The van der Waals surface area contributed by atoms with E-state index in [1.807, 2.05) is 31.2 Å². The molecule has 20 heavy (non-hydrogen) atoms. The first-order valence-electron chi connectivity index (χ1n) is 6.32. The number of benzene rings is 2. The van der Waals surface area contributed by atoms with Crippen LogP contribution in [0.4, 0.5) is 0 Å². The highest BCUT2D eigenvalue weighted by Crippen LogP contribution is 2.34. The van der Waals surface area contributed by atoms with Gasteiger partial charge in [-0.05, 0) is 48.4 Å². The maximum Gasteiger partial charge on any atom is 0.196 e. The van der Waals surface area contributed by atoms with E-state index in [-0.39, 0.29) is 5.78 Å². The molecule has 0 atom stereocenters. The highest BCUT2D eigenvalue weighted by molar-refractivity contribution is 9.10. The minimum absolute atomic E-state index is 0.0601. The summed E-state index contributed by atoms with van der Waals surface area (Å²) in [7, 11) is 0. The Morgan fingerprint density at radius 1 is 1.25 bits per heavy atom. The molecule has 1 aliphatic rings. The zero-order valence-electron chi connectivity index (χ0n) is 10.9. The van der Waals surface area contributed by atoms with E-state index >= 15 is 0 Å². The van der Waals surface area contributed by atoms with Crippen molar-refractivity contribution in [3.05, 3.63) is 62.1 Å². The summed E-state index contributed by atoms with van der Waals surface area (Å²) < 4.78 is 6.49. The van der Waals surface area contributed by atoms with E-state index in [4.69, 9.17) is 16.3 Å². The van der Waals surface area contributed by atoms with Crippen molar-refractivity contribution in [2.75, 3.05) is 6.61 Å². The van der Waals surface area contributed by atoms with Crippen LogP contribution in [-0.2, 0) is 6.42 Å². The van der Waals surface area contributed by atoms with Crippen LogP contribution in [-0.4, -0.2) is 12.4 Å². The summed E-state index contributed by atoms with van der Waals surface area (Å²) in [6.45, 7) is 2.56. The van der Waals surface area contributed by atoms with E-state index in [1.165, 1.54) is 0 Å². The first-order chi connectivity index (χ1) is 9.54. The Balaban J connectivity index is 2.11. The third kappa shape index (κ3) is 2.48. The van der Waals surface area contributed by atoms with Gasteiger partial charge in [-0.3, -0.25) is 4.79 Å². The SMILES string of the molecule is Cc1cc(Br)cc(C(=O)c2cc(Cl)cc3c2OCC3)c1. The van der Waals surface area contributed by atoms with Gasteiger partial charge in [0.25, 0.3) is 0 Å². The van der Waals surface area contributed by atoms with Crippen LogP contribution in [0.3, 0.4) is 0 Å². The summed E-state index contributed by atoms with van der Waals surface area (Å²) in [4.78, 5) is 12.7. The Labute approximate surface area is 130 Å². The predicted octanol–water partition coefficient (Wildman–Crippen LogP) is 4.58. The lowest BCUT2D eigenvalue weighted by Gasteiger charge is -2.09. The third-order valence-corrected chi connectivity index (χ3v) is 3.97. The van der Waals surface area contributed by atoms with Crippen LogP contribution >= 0.6 is 27.5 Å². The predicted molar refractivity (Wildman–Crippen MR) is 83.0 cm³/mol. The molecule has 102 valence electrons. The molecule has 0 saturated heterocycles. The van der Waals surface area contributed by atoms with Crippen LogP contribution in [0.2, 0.25) is 5.02 Å². The number of hydrogen-bond acceptors (Lipinski definition) is 2. The maximum atomic E-state index is 12.7. The number of rotatable bonds is 2. The molecule has 2 nitrogen and oxygen atoms in total. The smallest absolute Gasteiger partial charge is 0.196 e. The van der Waals surface area contributed by atoms with Gasteiger partial charge in [0.1, 0.15) is 5.75 Å². The summed E-state index contributed by atoms with van der Waals surface area (Å²) >= 11 is 9.53. The number of ketones is 1. The summed E-state index contributed by atoms with van der Waals surface area (Å²) in [5.74, 6) is 0.618. The number of aryl methyl sites for hydroxylation is 1. The van der Waals surface area contributed by atoms with Crippen LogP contribution in [0.25, 0.3) is 0 Å². The molecule has 0 saturated carbocycles. The van der Waals surface area contributed by atoms with Crippen molar-refractivity contribution in [3.63, 3.8) is 0 Å². The molecule has 1 heterocycles. The van der Waals surface area contributed by atoms with Crippen molar-refractivity contribution < 1.29 is 9.53 Å². The minimum Gasteiger partial charge on any atom is -0.492 e. The second-order valence-electron chi connectivity index (χ2n) is 4.89.